The third-order valence-electron chi connectivity index (χ3n) is 6.11. The normalized spacial score (nSPS) is 26.9. The van der Waals surface area contributed by atoms with Crippen molar-refractivity contribution < 1.29 is 9.59 Å². The summed E-state index contributed by atoms with van der Waals surface area (Å²) in [5.41, 5.74) is -0.610. The van der Waals surface area contributed by atoms with Crippen LogP contribution in [0.15, 0.2) is 18.5 Å². The molecule has 3 amide bonds. The van der Waals surface area contributed by atoms with Gasteiger partial charge in [-0.2, -0.15) is 0 Å². The number of amides is 3. The monoisotopic (exact) mass is 386 g/mol. The average molecular weight is 387 g/mol. The summed E-state index contributed by atoms with van der Waals surface area (Å²) in [4.78, 5) is 38.8. The molecule has 1 aromatic rings. The highest BCUT2D eigenvalue weighted by molar-refractivity contribution is 5.87. The Morgan fingerprint density at radius 3 is 2.71 bits per heavy atom. The highest BCUT2D eigenvalue weighted by atomic mass is 16.2. The Labute approximate surface area is 166 Å². The first-order valence-electron chi connectivity index (χ1n) is 10.4. The Morgan fingerprint density at radius 2 is 2.04 bits per heavy atom. The van der Waals surface area contributed by atoms with Gasteiger partial charge in [0.15, 0.2) is 0 Å². The van der Waals surface area contributed by atoms with Crippen LogP contribution < -0.4 is 15.5 Å². The third kappa shape index (κ3) is 3.64. The number of piperidine rings is 1. The molecule has 0 radical (unpaired) electrons. The lowest BCUT2D eigenvalue weighted by Crippen LogP contribution is -2.59. The molecule has 3 aliphatic rings. The van der Waals surface area contributed by atoms with Crippen LogP contribution >= 0.6 is 0 Å². The molecule has 28 heavy (non-hydrogen) atoms. The first-order valence-corrected chi connectivity index (χ1v) is 10.4. The third-order valence-corrected chi connectivity index (χ3v) is 6.11. The zero-order valence-corrected chi connectivity index (χ0v) is 16.7. The Morgan fingerprint density at radius 1 is 1.29 bits per heavy atom. The molecule has 1 aromatic heterocycles. The molecule has 8 heteroatoms. The van der Waals surface area contributed by atoms with Crippen LogP contribution in [-0.2, 0) is 4.79 Å². The SMILES string of the molecule is CC(C)NC(=O)N1C[C@@H]2N(c3ncccn3)CCC[C@@]2(C(=O)NCC2CC2)C1. The van der Waals surface area contributed by atoms with Crippen molar-refractivity contribution in [3.05, 3.63) is 18.5 Å². The predicted molar refractivity (Wildman–Crippen MR) is 106 cm³/mol. The first kappa shape index (κ1) is 19.0. The minimum absolute atomic E-state index is 0.0586. The Hall–Kier alpha value is -2.38. The number of hydrogen-bond acceptors (Lipinski definition) is 5. The number of likely N-dealkylation sites (tertiary alicyclic amines) is 1. The largest absolute Gasteiger partial charge is 0.355 e. The van der Waals surface area contributed by atoms with E-state index in [4.69, 9.17) is 0 Å². The van der Waals surface area contributed by atoms with Crippen LogP contribution in [0.25, 0.3) is 0 Å². The van der Waals surface area contributed by atoms with Gasteiger partial charge >= 0.3 is 6.03 Å². The molecular weight excluding hydrogens is 356 g/mol. The molecule has 0 spiro atoms. The number of rotatable bonds is 5. The van der Waals surface area contributed by atoms with Crippen molar-refractivity contribution in [1.82, 2.24) is 25.5 Å². The maximum absolute atomic E-state index is 13.4. The predicted octanol–water partition coefficient (Wildman–Crippen LogP) is 1.39. The van der Waals surface area contributed by atoms with Crippen molar-refractivity contribution in [2.45, 2.75) is 51.6 Å². The number of carbonyl (C=O) groups excluding carboxylic acids is 2. The molecular formula is C20H30N6O2. The molecule has 0 aromatic carbocycles. The lowest BCUT2D eigenvalue weighted by atomic mass is 9.74. The number of carbonyl (C=O) groups is 2. The average Bonchev–Trinajstić information content (AvgIpc) is 3.42. The zero-order valence-electron chi connectivity index (χ0n) is 16.7. The minimum atomic E-state index is -0.610. The van der Waals surface area contributed by atoms with E-state index in [1.807, 2.05) is 13.8 Å². The lowest BCUT2D eigenvalue weighted by molar-refractivity contribution is -0.132. The minimum Gasteiger partial charge on any atom is -0.355 e. The van der Waals surface area contributed by atoms with Crippen molar-refractivity contribution in [2.24, 2.45) is 11.3 Å². The van der Waals surface area contributed by atoms with Crippen LogP contribution in [0.1, 0.15) is 39.5 Å². The van der Waals surface area contributed by atoms with E-state index in [1.54, 1.807) is 23.4 Å². The summed E-state index contributed by atoms with van der Waals surface area (Å²) in [6.45, 7) is 6.38. The van der Waals surface area contributed by atoms with Crippen molar-refractivity contribution in [1.29, 1.82) is 0 Å². The van der Waals surface area contributed by atoms with Gasteiger partial charge in [0, 0.05) is 44.6 Å². The number of urea groups is 1. The topological polar surface area (TPSA) is 90.5 Å². The van der Waals surface area contributed by atoms with Gasteiger partial charge in [-0.1, -0.05) is 0 Å². The Bertz CT molecular complexity index is 723. The van der Waals surface area contributed by atoms with Gasteiger partial charge in [-0.15, -0.1) is 0 Å². The number of fused-ring (bicyclic) bond motifs is 1. The molecule has 0 unspecified atom stereocenters. The second-order valence-electron chi connectivity index (χ2n) is 8.66. The molecule has 8 nitrogen and oxygen atoms in total. The van der Waals surface area contributed by atoms with Crippen LogP contribution in [-0.4, -0.2) is 65.1 Å². The Kier molecular flexibility index (Phi) is 5.12. The number of anilines is 1. The van der Waals surface area contributed by atoms with Gasteiger partial charge in [-0.05, 0) is 51.5 Å². The van der Waals surface area contributed by atoms with E-state index >= 15 is 0 Å². The highest BCUT2D eigenvalue weighted by Crippen LogP contribution is 2.43. The van der Waals surface area contributed by atoms with Gasteiger partial charge in [0.05, 0.1) is 11.5 Å². The zero-order chi connectivity index (χ0) is 19.7. The van der Waals surface area contributed by atoms with Crippen molar-refractivity contribution >= 4 is 17.9 Å². The summed E-state index contributed by atoms with van der Waals surface area (Å²) in [6.07, 6.45) is 7.51. The number of hydrogen-bond donors (Lipinski definition) is 2. The van der Waals surface area contributed by atoms with Crippen LogP contribution in [0.3, 0.4) is 0 Å². The fourth-order valence-electron chi connectivity index (χ4n) is 4.50. The first-order chi connectivity index (χ1) is 13.5. The molecule has 1 saturated carbocycles. The van der Waals surface area contributed by atoms with E-state index in [2.05, 4.69) is 25.5 Å². The smallest absolute Gasteiger partial charge is 0.317 e. The van der Waals surface area contributed by atoms with Crippen LogP contribution in [0.4, 0.5) is 10.7 Å². The summed E-state index contributed by atoms with van der Waals surface area (Å²) >= 11 is 0. The fraction of sp³-hybridized carbons (Fsp3) is 0.700. The summed E-state index contributed by atoms with van der Waals surface area (Å²) in [7, 11) is 0. The molecule has 4 rings (SSSR count). The van der Waals surface area contributed by atoms with E-state index in [0.29, 0.717) is 25.0 Å². The number of nitrogens with zero attached hydrogens (tertiary/aromatic N) is 4. The van der Waals surface area contributed by atoms with Gasteiger partial charge < -0.3 is 20.4 Å². The summed E-state index contributed by atoms with van der Waals surface area (Å²) < 4.78 is 0. The van der Waals surface area contributed by atoms with Gasteiger partial charge in [0.2, 0.25) is 11.9 Å². The van der Waals surface area contributed by atoms with Crippen LogP contribution in [0, 0.1) is 11.3 Å². The quantitative estimate of drug-likeness (QED) is 0.798. The van der Waals surface area contributed by atoms with Gasteiger partial charge in [0.1, 0.15) is 0 Å². The maximum Gasteiger partial charge on any atom is 0.317 e. The number of aromatic nitrogens is 2. The van der Waals surface area contributed by atoms with E-state index in [0.717, 1.165) is 25.9 Å². The van der Waals surface area contributed by atoms with Crippen LogP contribution in [0.5, 0.6) is 0 Å². The lowest BCUT2D eigenvalue weighted by Gasteiger charge is -2.44. The molecule has 2 atom stereocenters. The van der Waals surface area contributed by atoms with E-state index in [1.165, 1.54) is 12.8 Å². The van der Waals surface area contributed by atoms with Crippen molar-refractivity contribution in [2.75, 3.05) is 31.1 Å². The Balaban J connectivity index is 1.60. The van der Waals surface area contributed by atoms with Crippen molar-refractivity contribution in [3.63, 3.8) is 0 Å². The highest BCUT2D eigenvalue weighted by Gasteiger charge is 2.57. The molecule has 3 fully saturated rings. The van der Waals surface area contributed by atoms with Gasteiger partial charge in [-0.3, -0.25) is 4.79 Å². The fourth-order valence-corrected chi connectivity index (χ4v) is 4.50. The second-order valence-corrected chi connectivity index (χ2v) is 8.66. The molecule has 2 saturated heterocycles. The summed E-state index contributed by atoms with van der Waals surface area (Å²) in [5.74, 6) is 1.33. The molecule has 3 heterocycles. The molecule has 152 valence electrons. The van der Waals surface area contributed by atoms with E-state index in [-0.39, 0.29) is 24.0 Å². The summed E-state index contributed by atoms with van der Waals surface area (Å²) in [5, 5.41) is 6.15. The van der Waals surface area contributed by atoms with Gasteiger partial charge in [-0.25, -0.2) is 14.8 Å². The van der Waals surface area contributed by atoms with E-state index in [9.17, 15) is 9.59 Å². The molecule has 1 aliphatic carbocycles. The number of nitrogens with one attached hydrogen (secondary N) is 2. The standard InChI is InChI=1S/C20H30N6O2/c1-14(2)24-19(28)25-12-16-20(13-25,17(27)23-11-15-5-6-15)7-3-10-26(16)18-21-8-4-9-22-18/h4,8-9,14-16H,3,5-7,10-13H2,1-2H3,(H,23,27)(H,24,28)/t16-,20+/m0/s1. The second kappa shape index (κ2) is 7.56. The molecule has 0 bridgehead atoms. The van der Waals surface area contributed by atoms with E-state index < -0.39 is 5.41 Å². The van der Waals surface area contributed by atoms with Gasteiger partial charge in [0.25, 0.3) is 0 Å². The van der Waals surface area contributed by atoms with Crippen LogP contribution in [0.2, 0.25) is 0 Å². The maximum atomic E-state index is 13.4. The molecule has 2 N–H and O–H groups in total. The summed E-state index contributed by atoms with van der Waals surface area (Å²) in [6, 6.07) is 1.64. The van der Waals surface area contributed by atoms with Crippen molar-refractivity contribution in [3.8, 4) is 0 Å². The molecule has 2 aliphatic heterocycles.